The van der Waals surface area contributed by atoms with Gasteiger partial charge in [-0.1, -0.05) is 67.9 Å². The van der Waals surface area contributed by atoms with E-state index in [1.807, 2.05) is 41.3 Å². The monoisotopic (exact) mass is 386 g/mol. The normalized spacial score (nSPS) is 13.1. The molecule has 1 aliphatic rings. The van der Waals surface area contributed by atoms with E-state index in [4.69, 9.17) is 0 Å². The lowest BCUT2D eigenvalue weighted by Crippen LogP contribution is -2.36. The molecule has 1 aromatic heterocycles. The maximum atomic E-state index is 13.3. The summed E-state index contributed by atoms with van der Waals surface area (Å²) in [6.07, 6.45) is 3.03. The number of fused-ring (bicyclic) bond motifs is 1. The molecule has 29 heavy (non-hydrogen) atoms. The van der Waals surface area contributed by atoms with Gasteiger partial charge in [-0.05, 0) is 24.0 Å². The van der Waals surface area contributed by atoms with Gasteiger partial charge in [0, 0.05) is 31.3 Å². The summed E-state index contributed by atoms with van der Waals surface area (Å²) in [5, 5.41) is 3.35. The van der Waals surface area contributed by atoms with E-state index in [1.165, 1.54) is 11.1 Å². The molecular formula is C24H26N4O. The third kappa shape index (κ3) is 4.45. The molecule has 0 atom stereocenters. The van der Waals surface area contributed by atoms with E-state index in [2.05, 4.69) is 40.4 Å². The summed E-state index contributed by atoms with van der Waals surface area (Å²) < 4.78 is 0. The summed E-state index contributed by atoms with van der Waals surface area (Å²) in [7, 11) is 0. The van der Waals surface area contributed by atoms with Gasteiger partial charge in [0.05, 0.1) is 0 Å². The van der Waals surface area contributed by atoms with Gasteiger partial charge in [0.1, 0.15) is 11.5 Å². The van der Waals surface area contributed by atoms with Crippen LogP contribution >= 0.6 is 0 Å². The van der Waals surface area contributed by atoms with Gasteiger partial charge in [-0.2, -0.15) is 0 Å². The molecule has 0 radical (unpaired) electrons. The van der Waals surface area contributed by atoms with Crippen LogP contribution in [-0.2, 0) is 13.0 Å². The maximum Gasteiger partial charge on any atom is 0.272 e. The first-order chi connectivity index (χ1) is 14.2. The predicted octanol–water partition coefficient (Wildman–Crippen LogP) is 4.55. The Balaban J connectivity index is 1.63. The topological polar surface area (TPSA) is 58.1 Å². The summed E-state index contributed by atoms with van der Waals surface area (Å²) in [5.41, 5.74) is 3.89. The fourth-order valence-electron chi connectivity index (χ4n) is 3.59. The van der Waals surface area contributed by atoms with Crippen LogP contribution in [0.4, 0.5) is 5.82 Å². The first-order valence-electron chi connectivity index (χ1n) is 10.3. The molecule has 3 aromatic rings. The van der Waals surface area contributed by atoms with Crippen LogP contribution in [-0.4, -0.2) is 33.9 Å². The number of aromatic nitrogens is 2. The lowest BCUT2D eigenvalue weighted by Gasteiger charge is -2.28. The highest BCUT2D eigenvalue weighted by Crippen LogP contribution is 2.22. The Morgan fingerprint density at radius 2 is 1.79 bits per heavy atom. The van der Waals surface area contributed by atoms with Crippen molar-refractivity contribution in [3.8, 4) is 11.4 Å². The molecule has 2 heterocycles. The number of hydrogen-bond acceptors (Lipinski definition) is 4. The minimum Gasteiger partial charge on any atom is -0.370 e. The number of rotatable bonds is 6. The number of hydrogen-bond donors (Lipinski definition) is 1. The molecule has 1 amide bonds. The standard InChI is InChI=1S/C24H26N4O/c1-2-3-14-25-22-16-21(26-23(27-22)19-10-5-4-6-11-19)24(29)28-15-13-18-9-7-8-12-20(18)17-28/h4-12,16H,2-3,13-15,17H2,1H3,(H,25,26,27). The molecule has 4 rings (SSSR count). The van der Waals surface area contributed by atoms with Gasteiger partial charge in [0.15, 0.2) is 5.82 Å². The molecule has 0 fully saturated rings. The van der Waals surface area contributed by atoms with Crippen molar-refractivity contribution in [3.63, 3.8) is 0 Å². The van der Waals surface area contributed by atoms with Crippen LogP contribution in [0.25, 0.3) is 11.4 Å². The van der Waals surface area contributed by atoms with E-state index in [0.29, 0.717) is 30.4 Å². The Bertz CT molecular complexity index is 987. The zero-order valence-corrected chi connectivity index (χ0v) is 16.8. The van der Waals surface area contributed by atoms with Gasteiger partial charge in [-0.25, -0.2) is 9.97 Å². The highest BCUT2D eigenvalue weighted by molar-refractivity contribution is 5.93. The lowest BCUT2D eigenvalue weighted by molar-refractivity contribution is 0.0728. The quantitative estimate of drug-likeness (QED) is 0.631. The van der Waals surface area contributed by atoms with E-state index in [9.17, 15) is 4.79 Å². The number of nitrogens with zero attached hydrogens (tertiary/aromatic N) is 3. The van der Waals surface area contributed by atoms with E-state index in [1.54, 1.807) is 6.07 Å². The minimum absolute atomic E-state index is 0.0439. The number of carbonyl (C=O) groups is 1. The van der Waals surface area contributed by atoms with Crippen LogP contribution in [0, 0.1) is 0 Å². The first kappa shape index (κ1) is 19.1. The summed E-state index contributed by atoms with van der Waals surface area (Å²) in [5.74, 6) is 1.23. The van der Waals surface area contributed by atoms with Gasteiger partial charge in [0.2, 0.25) is 0 Å². The molecule has 5 heteroatoms. The number of nitrogens with one attached hydrogen (secondary N) is 1. The SMILES string of the molecule is CCCCNc1cc(C(=O)N2CCc3ccccc3C2)nc(-c2ccccc2)n1. The van der Waals surface area contributed by atoms with Gasteiger partial charge < -0.3 is 10.2 Å². The first-order valence-corrected chi connectivity index (χ1v) is 10.3. The summed E-state index contributed by atoms with van der Waals surface area (Å²) >= 11 is 0. The summed E-state index contributed by atoms with van der Waals surface area (Å²) in [4.78, 5) is 24.4. The zero-order valence-electron chi connectivity index (χ0n) is 16.8. The van der Waals surface area contributed by atoms with E-state index < -0.39 is 0 Å². The van der Waals surface area contributed by atoms with Crippen LogP contribution in [0.3, 0.4) is 0 Å². The Labute approximate surface area is 171 Å². The fraction of sp³-hybridized carbons (Fsp3) is 0.292. The minimum atomic E-state index is -0.0439. The van der Waals surface area contributed by atoms with Crippen LogP contribution in [0.5, 0.6) is 0 Å². The van der Waals surface area contributed by atoms with Crippen molar-refractivity contribution in [2.24, 2.45) is 0 Å². The lowest BCUT2D eigenvalue weighted by atomic mass is 10.00. The molecule has 1 aliphatic heterocycles. The molecule has 0 spiro atoms. The van der Waals surface area contributed by atoms with Crippen LogP contribution < -0.4 is 5.32 Å². The Hall–Kier alpha value is -3.21. The molecule has 0 saturated heterocycles. The summed E-state index contributed by atoms with van der Waals surface area (Å²) in [6, 6.07) is 19.9. The van der Waals surface area contributed by atoms with E-state index >= 15 is 0 Å². The van der Waals surface area contributed by atoms with Crippen LogP contribution in [0.15, 0.2) is 60.7 Å². The van der Waals surface area contributed by atoms with Gasteiger partial charge >= 0.3 is 0 Å². The maximum absolute atomic E-state index is 13.3. The molecule has 0 saturated carbocycles. The second kappa shape index (κ2) is 8.86. The van der Waals surface area contributed by atoms with Crippen molar-refractivity contribution < 1.29 is 4.79 Å². The second-order valence-corrected chi connectivity index (χ2v) is 7.35. The van der Waals surface area contributed by atoms with E-state index in [-0.39, 0.29) is 5.91 Å². The van der Waals surface area contributed by atoms with Gasteiger partial charge in [0.25, 0.3) is 5.91 Å². The average molecular weight is 386 g/mol. The number of benzene rings is 2. The Kier molecular flexibility index (Phi) is 5.84. The number of amides is 1. The molecule has 0 aliphatic carbocycles. The molecule has 1 N–H and O–H groups in total. The third-order valence-electron chi connectivity index (χ3n) is 5.23. The number of carbonyl (C=O) groups excluding carboxylic acids is 1. The van der Waals surface area contributed by atoms with Crippen LogP contribution in [0.1, 0.15) is 41.4 Å². The smallest absolute Gasteiger partial charge is 0.272 e. The average Bonchev–Trinajstić information content (AvgIpc) is 2.79. The van der Waals surface area contributed by atoms with Crippen molar-refractivity contribution >= 4 is 11.7 Å². The highest BCUT2D eigenvalue weighted by atomic mass is 16.2. The molecule has 148 valence electrons. The molecule has 2 aromatic carbocycles. The molecule has 5 nitrogen and oxygen atoms in total. The second-order valence-electron chi connectivity index (χ2n) is 7.35. The van der Waals surface area contributed by atoms with Crippen molar-refractivity contribution in [1.82, 2.24) is 14.9 Å². The Morgan fingerprint density at radius 3 is 2.59 bits per heavy atom. The largest absolute Gasteiger partial charge is 0.370 e. The number of anilines is 1. The van der Waals surface area contributed by atoms with Crippen molar-refractivity contribution in [1.29, 1.82) is 0 Å². The summed E-state index contributed by atoms with van der Waals surface area (Å²) in [6.45, 7) is 4.31. The Morgan fingerprint density at radius 1 is 1.03 bits per heavy atom. The van der Waals surface area contributed by atoms with Crippen molar-refractivity contribution in [3.05, 3.63) is 77.5 Å². The van der Waals surface area contributed by atoms with Crippen molar-refractivity contribution in [2.45, 2.75) is 32.7 Å². The van der Waals surface area contributed by atoms with Crippen LogP contribution in [0.2, 0.25) is 0 Å². The number of unbranched alkanes of at least 4 members (excludes halogenated alkanes) is 1. The highest BCUT2D eigenvalue weighted by Gasteiger charge is 2.23. The van der Waals surface area contributed by atoms with Gasteiger partial charge in [-0.15, -0.1) is 0 Å². The third-order valence-corrected chi connectivity index (χ3v) is 5.23. The molecular weight excluding hydrogens is 360 g/mol. The fourth-order valence-corrected chi connectivity index (χ4v) is 3.59. The molecule has 0 unspecified atom stereocenters. The van der Waals surface area contributed by atoms with E-state index in [0.717, 1.165) is 31.4 Å². The van der Waals surface area contributed by atoms with Crippen molar-refractivity contribution in [2.75, 3.05) is 18.4 Å². The predicted molar refractivity (Wildman–Crippen MR) is 116 cm³/mol. The van der Waals surface area contributed by atoms with Gasteiger partial charge in [-0.3, -0.25) is 4.79 Å². The molecule has 0 bridgehead atoms. The zero-order chi connectivity index (χ0) is 20.1.